The van der Waals surface area contributed by atoms with E-state index in [-0.39, 0.29) is 17.3 Å². The molecule has 0 aliphatic heterocycles. The molecule has 0 saturated heterocycles. The van der Waals surface area contributed by atoms with E-state index in [9.17, 15) is 23.2 Å². The number of nitrogens with zero attached hydrogens (tertiary/aromatic N) is 1. The van der Waals surface area contributed by atoms with E-state index < -0.39 is 22.7 Å². The fourth-order valence-electron chi connectivity index (χ4n) is 2.92. The van der Waals surface area contributed by atoms with Gasteiger partial charge in [-0.3, -0.25) is 4.79 Å². The number of hydrogen-bond donors (Lipinski definition) is 2. The number of carbonyl (C=O) groups excluding carboxylic acids is 1. The Labute approximate surface area is 155 Å². The molecular formula is C18H19ClF3N3O. The van der Waals surface area contributed by atoms with Crippen molar-refractivity contribution in [2.24, 2.45) is 5.92 Å². The Morgan fingerprint density at radius 1 is 1.35 bits per heavy atom. The van der Waals surface area contributed by atoms with Gasteiger partial charge in [-0.15, -0.1) is 0 Å². The minimum atomic E-state index is -4.63. The van der Waals surface area contributed by atoms with Crippen molar-refractivity contribution >= 4 is 23.2 Å². The van der Waals surface area contributed by atoms with Gasteiger partial charge in [0.25, 0.3) is 5.91 Å². The zero-order valence-electron chi connectivity index (χ0n) is 14.2. The Balaban J connectivity index is 2.09. The highest BCUT2D eigenvalue weighted by Crippen LogP contribution is 2.36. The second kappa shape index (κ2) is 8.45. The monoisotopic (exact) mass is 385 g/mol. The topological polar surface area (TPSA) is 64.9 Å². The van der Waals surface area contributed by atoms with Crippen LogP contribution in [-0.2, 0) is 11.0 Å². The number of halogens is 4. The van der Waals surface area contributed by atoms with E-state index >= 15 is 0 Å². The Kier molecular flexibility index (Phi) is 6.54. The third kappa shape index (κ3) is 5.15. The maximum atomic E-state index is 12.9. The summed E-state index contributed by atoms with van der Waals surface area (Å²) in [5.41, 5.74) is -1.33. The first-order valence-corrected chi connectivity index (χ1v) is 8.64. The number of carbonyl (C=O) groups is 1. The number of rotatable bonds is 4. The van der Waals surface area contributed by atoms with E-state index in [2.05, 4.69) is 17.6 Å². The fourth-order valence-corrected chi connectivity index (χ4v) is 3.15. The third-order valence-electron chi connectivity index (χ3n) is 4.45. The largest absolute Gasteiger partial charge is 0.417 e. The van der Waals surface area contributed by atoms with Crippen LogP contribution in [0, 0.1) is 17.2 Å². The maximum absolute atomic E-state index is 12.9. The van der Waals surface area contributed by atoms with Crippen molar-refractivity contribution in [3.05, 3.63) is 40.6 Å². The number of nitriles is 1. The van der Waals surface area contributed by atoms with Gasteiger partial charge in [0.2, 0.25) is 0 Å². The van der Waals surface area contributed by atoms with Crippen LogP contribution in [0.25, 0.3) is 0 Å². The lowest BCUT2D eigenvalue weighted by Crippen LogP contribution is -2.34. The van der Waals surface area contributed by atoms with Crippen molar-refractivity contribution in [2.45, 2.75) is 44.8 Å². The number of hydrogen-bond acceptors (Lipinski definition) is 3. The molecule has 26 heavy (non-hydrogen) atoms. The molecule has 4 nitrogen and oxygen atoms in total. The van der Waals surface area contributed by atoms with Gasteiger partial charge in [0.15, 0.2) is 0 Å². The molecule has 8 heteroatoms. The van der Waals surface area contributed by atoms with Crippen LogP contribution in [-0.4, -0.2) is 11.9 Å². The zero-order valence-corrected chi connectivity index (χ0v) is 14.9. The molecule has 1 aliphatic carbocycles. The molecule has 2 atom stereocenters. The van der Waals surface area contributed by atoms with Crippen LogP contribution >= 0.6 is 11.6 Å². The summed E-state index contributed by atoms with van der Waals surface area (Å²) in [4.78, 5) is 12.2. The third-order valence-corrected chi connectivity index (χ3v) is 4.78. The Hall–Kier alpha value is -2.20. The van der Waals surface area contributed by atoms with Crippen LogP contribution in [0.15, 0.2) is 30.0 Å². The maximum Gasteiger partial charge on any atom is 0.417 e. The highest BCUT2D eigenvalue weighted by molar-refractivity contribution is 6.31. The molecule has 1 fully saturated rings. The van der Waals surface area contributed by atoms with Crippen LogP contribution in [0.3, 0.4) is 0 Å². The standard InChI is InChI=1S/C18H19ClF3N3O/c1-11-4-2-3-5-16(11)24-10-12(9-23)17(26)25-13-6-7-15(19)14(8-13)18(20,21)22/h6-8,10-11,16,24H,2-5H2,1H3,(H,25,26)/b12-10-. The second-order valence-electron chi connectivity index (χ2n) is 6.35. The summed E-state index contributed by atoms with van der Waals surface area (Å²) in [6, 6.07) is 4.99. The molecule has 0 bridgehead atoms. The normalized spacial score (nSPS) is 21.0. The quantitative estimate of drug-likeness (QED) is 0.574. The van der Waals surface area contributed by atoms with Gasteiger partial charge in [-0.2, -0.15) is 18.4 Å². The van der Waals surface area contributed by atoms with Gasteiger partial charge in [0.1, 0.15) is 11.6 Å². The van der Waals surface area contributed by atoms with Crippen LogP contribution in [0.5, 0.6) is 0 Å². The highest BCUT2D eigenvalue weighted by atomic mass is 35.5. The first kappa shape index (κ1) is 20.1. The minimum absolute atomic E-state index is 0.0843. The molecule has 1 amide bonds. The van der Waals surface area contributed by atoms with Crippen molar-refractivity contribution in [1.82, 2.24) is 5.32 Å². The lowest BCUT2D eigenvalue weighted by atomic mass is 9.86. The number of alkyl halides is 3. The van der Waals surface area contributed by atoms with E-state index in [4.69, 9.17) is 11.6 Å². The molecule has 1 aliphatic rings. The van der Waals surface area contributed by atoms with Gasteiger partial charge < -0.3 is 10.6 Å². The van der Waals surface area contributed by atoms with Crippen LogP contribution in [0.2, 0.25) is 5.02 Å². The van der Waals surface area contributed by atoms with Gasteiger partial charge in [-0.05, 0) is 37.0 Å². The molecule has 1 aromatic carbocycles. The van der Waals surface area contributed by atoms with E-state index in [1.54, 1.807) is 6.07 Å². The van der Waals surface area contributed by atoms with Crippen LogP contribution in [0.4, 0.5) is 18.9 Å². The first-order valence-electron chi connectivity index (χ1n) is 8.26. The van der Waals surface area contributed by atoms with Crippen molar-refractivity contribution < 1.29 is 18.0 Å². The summed E-state index contributed by atoms with van der Waals surface area (Å²) < 4.78 is 38.6. The number of nitrogens with one attached hydrogen (secondary N) is 2. The van der Waals surface area contributed by atoms with E-state index in [0.717, 1.165) is 37.8 Å². The van der Waals surface area contributed by atoms with E-state index in [1.807, 2.05) is 0 Å². The molecule has 0 heterocycles. The van der Waals surface area contributed by atoms with Gasteiger partial charge in [-0.25, -0.2) is 0 Å². The van der Waals surface area contributed by atoms with Crippen molar-refractivity contribution in [3.8, 4) is 6.07 Å². The van der Waals surface area contributed by atoms with Crippen LogP contribution in [0.1, 0.15) is 38.2 Å². The lowest BCUT2D eigenvalue weighted by molar-refractivity contribution is -0.137. The van der Waals surface area contributed by atoms with Gasteiger partial charge >= 0.3 is 6.18 Å². The SMILES string of the molecule is CC1CCCCC1N/C=C(/C#N)C(=O)Nc1ccc(Cl)c(C(F)(F)F)c1. The number of anilines is 1. The molecule has 1 aromatic rings. The summed E-state index contributed by atoms with van der Waals surface area (Å²) in [5.74, 6) is -0.354. The highest BCUT2D eigenvalue weighted by Gasteiger charge is 2.33. The summed E-state index contributed by atoms with van der Waals surface area (Å²) in [5, 5.41) is 14.1. The summed E-state index contributed by atoms with van der Waals surface area (Å²) >= 11 is 5.55. The molecule has 140 valence electrons. The Morgan fingerprint density at radius 2 is 2.04 bits per heavy atom. The molecule has 2 N–H and O–H groups in total. The predicted molar refractivity (Wildman–Crippen MR) is 93.3 cm³/mol. The molecule has 2 unspecified atom stereocenters. The number of amides is 1. The predicted octanol–water partition coefficient (Wildman–Crippen LogP) is 4.87. The molecular weight excluding hydrogens is 367 g/mol. The van der Waals surface area contributed by atoms with Gasteiger partial charge in [0, 0.05) is 17.9 Å². The summed E-state index contributed by atoms with van der Waals surface area (Å²) in [6.07, 6.45) is 0.961. The van der Waals surface area contributed by atoms with Gasteiger partial charge in [-0.1, -0.05) is 31.4 Å². The van der Waals surface area contributed by atoms with Crippen molar-refractivity contribution in [1.29, 1.82) is 5.26 Å². The molecule has 2 rings (SSSR count). The summed E-state index contributed by atoms with van der Waals surface area (Å²) in [6.45, 7) is 2.10. The Bertz CT molecular complexity index is 740. The van der Waals surface area contributed by atoms with Crippen molar-refractivity contribution in [3.63, 3.8) is 0 Å². The lowest BCUT2D eigenvalue weighted by Gasteiger charge is -2.29. The minimum Gasteiger partial charge on any atom is -0.387 e. The molecule has 0 spiro atoms. The van der Waals surface area contributed by atoms with E-state index in [0.29, 0.717) is 5.92 Å². The fraction of sp³-hybridized carbons (Fsp3) is 0.444. The first-order chi connectivity index (χ1) is 12.2. The molecule has 0 aromatic heterocycles. The number of benzene rings is 1. The smallest absolute Gasteiger partial charge is 0.387 e. The second-order valence-corrected chi connectivity index (χ2v) is 6.76. The van der Waals surface area contributed by atoms with Crippen molar-refractivity contribution in [2.75, 3.05) is 5.32 Å². The van der Waals surface area contributed by atoms with Crippen LogP contribution < -0.4 is 10.6 Å². The van der Waals surface area contributed by atoms with E-state index in [1.165, 1.54) is 12.3 Å². The molecule has 1 saturated carbocycles. The molecule has 0 radical (unpaired) electrons. The summed E-state index contributed by atoms with van der Waals surface area (Å²) in [7, 11) is 0. The van der Waals surface area contributed by atoms with Gasteiger partial charge in [0.05, 0.1) is 10.6 Å². The average molecular weight is 386 g/mol. The zero-order chi connectivity index (χ0) is 19.3. The Morgan fingerprint density at radius 3 is 2.65 bits per heavy atom. The average Bonchev–Trinajstić information content (AvgIpc) is 2.57.